The van der Waals surface area contributed by atoms with E-state index in [4.69, 9.17) is 12.2 Å². The predicted octanol–water partition coefficient (Wildman–Crippen LogP) is -0.700. The molecular formula is C6H10AlN3OS. The molecule has 0 bridgehead atoms. The van der Waals surface area contributed by atoms with E-state index in [9.17, 15) is 4.79 Å². The van der Waals surface area contributed by atoms with Crippen LogP contribution in [0.3, 0.4) is 0 Å². The van der Waals surface area contributed by atoms with Crippen molar-refractivity contribution >= 4 is 28.7 Å². The van der Waals surface area contributed by atoms with Crippen LogP contribution in [0.25, 0.3) is 0 Å². The average Bonchev–Trinajstić information content (AvgIpc) is 2.23. The van der Waals surface area contributed by atoms with Crippen LogP contribution in [-0.4, -0.2) is 29.4 Å². The van der Waals surface area contributed by atoms with Crippen LogP contribution in [0.2, 0.25) is 0 Å². The summed E-state index contributed by atoms with van der Waals surface area (Å²) < 4.78 is 5.38. The molecule has 0 aliphatic rings. The molecule has 1 aromatic heterocycles. The van der Waals surface area contributed by atoms with E-state index < -0.39 is 0 Å². The van der Waals surface area contributed by atoms with Crippen molar-refractivity contribution in [2.45, 2.75) is 6.54 Å². The maximum Gasteiger partial charge on any atom is 0.381 e. The van der Waals surface area contributed by atoms with E-state index >= 15 is 0 Å². The van der Waals surface area contributed by atoms with E-state index in [1.54, 1.807) is 26.0 Å². The highest BCUT2D eigenvalue weighted by molar-refractivity contribution is 7.71. The van der Waals surface area contributed by atoms with Crippen LogP contribution in [0, 0.1) is 4.77 Å². The van der Waals surface area contributed by atoms with Crippen LogP contribution in [0.1, 0.15) is 0 Å². The maximum absolute atomic E-state index is 11.4. The van der Waals surface area contributed by atoms with E-state index in [0.29, 0.717) is 27.8 Å². The van der Waals surface area contributed by atoms with Gasteiger partial charge in [-0.15, -0.1) is 6.58 Å². The zero-order valence-electron chi connectivity index (χ0n) is 7.15. The number of allylic oxidation sites excluding steroid dienone is 1. The molecule has 4 nitrogen and oxygen atoms in total. The van der Waals surface area contributed by atoms with E-state index in [1.807, 2.05) is 0 Å². The third kappa shape index (κ3) is 1.33. The molecule has 0 aliphatic carbocycles. The van der Waals surface area contributed by atoms with Crippen LogP contribution in [0.5, 0.6) is 0 Å². The fourth-order valence-electron chi connectivity index (χ4n) is 1.03. The molecule has 0 unspecified atom stereocenters. The van der Waals surface area contributed by atoms with Gasteiger partial charge in [0.05, 0.1) is 6.54 Å². The van der Waals surface area contributed by atoms with Crippen LogP contribution >= 0.6 is 12.2 Å². The van der Waals surface area contributed by atoms with Crippen molar-refractivity contribution in [2.24, 2.45) is 7.05 Å². The molecule has 1 aromatic rings. The third-order valence-corrected chi connectivity index (χ3v) is 3.40. The Morgan fingerprint density at radius 1 is 1.75 bits per heavy atom. The second-order valence-corrected chi connectivity index (χ2v) is 3.78. The van der Waals surface area contributed by atoms with Gasteiger partial charge in [0.2, 0.25) is 0 Å². The highest BCUT2D eigenvalue weighted by atomic mass is 32.1. The molecule has 12 heavy (non-hydrogen) atoms. The van der Waals surface area contributed by atoms with Gasteiger partial charge in [0.25, 0.3) is 0 Å². The van der Waals surface area contributed by atoms with Crippen molar-refractivity contribution in [3.63, 3.8) is 0 Å². The molecule has 0 atom stereocenters. The Labute approximate surface area is 83.3 Å². The highest BCUT2D eigenvalue weighted by Crippen LogP contribution is 1.86. The van der Waals surface area contributed by atoms with Gasteiger partial charge in [-0.1, -0.05) is 6.08 Å². The van der Waals surface area contributed by atoms with Gasteiger partial charge in [-0.2, -0.15) is 0 Å². The largest absolute Gasteiger partial charge is 0.381 e. The lowest BCUT2D eigenvalue weighted by Crippen LogP contribution is -2.25. The van der Waals surface area contributed by atoms with Crippen molar-refractivity contribution < 1.29 is 0 Å². The molecule has 6 heteroatoms. The van der Waals surface area contributed by atoms with Gasteiger partial charge in [0, 0.05) is 7.05 Å². The zero-order valence-corrected chi connectivity index (χ0v) is 9.97. The number of hydrogen-bond donors (Lipinski definition) is 0. The lowest BCUT2D eigenvalue weighted by molar-refractivity contribution is 0.538. The van der Waals surface area contributed by atoms with Gasteiger partial charge in [-0.25, -0.2) is 9.48 Å². The Morgan fingerprint density at radius 2 is 2.33 bits per heavy atom. The maximum atomic E-state index is 11.4. The summed E-state index contributed by atoms with van der Waals surface area (Å²) in [6, 6.07) is 0. The zero-order chi connectivity index (χ0) is 9.30. The molecule has 1 heterocycles. The first-order valence-electron chi connectivity index (χ1n) is 3.53. The molecule has 1 rings (SSSR count). The van der Waals surface area contributed by atoms with E-state index in [0.717, 1.165) is 0 Å². The summed E-state index contributed by atoms with van der Waals surface area (Å²) in [5.41, 5.74) is -0.0472. The van der Waals surface area contributed by atoms with E-state index in [1.165, 1.54) is 0 Å². The third-order valence-electron chi connectivity index (χ3n) is 1.74. The van der Waals surface area contributed by atoms with Crippen LogP contribution in [0.15, 0.2) is 17.4 Å². The van der Waals surface area contributed by atoms with Gasteiger partial charge < -0.3 is 3.55 Å². The van der Waals surface area contributed by atoms with Crippen LogP contribution in [-0.2, 0) is 13.6 Å². The number of rotatable bonds is 2. The van der Waals surface area contributed by atoms with Crippen molar-refractivity contribution in [2.75, 3.05) is 0 Å². The van der Waals surface area contributed by atoms with Gasteiger partial charge in [-0.05, 0) is 12.2 Å². The Morgan fingerprint density at radius 3 is 2.67 bits per heavy atom. The van der Waals surface area contributed by atoms with Crippen molar-refractivity contribution in [1.29, 1.82) is 0 Å². The molecule has 0 spiro atoms. The molecule has 0 aromatic carbocycles. The van der Waals surface area contributed by atoms with Gasteiger partial charge in [0.1, 0.15) is 0 Å². The lowest BCUT2D eigenvalue weighted by Gasteiger charge is -1.99. The summed E-state index contributed by atoms with van der Waals surface area (Å²) in [6.07, 6.45) is 1.68. The van der Waals surface area contributed by atoms with Gasteiger partial charge in [0.15, 0.2) is 4.77 Å². The van der Waals surface area contributed by atoms with E-state index in [-0.39, 0.29) is 5.69 Å². The van der Waals surface area contributed by atoms with Crippen LogP contribution < -0.4 is 5.69 Å². The average molecular weight is 199 g/mol. The fraction of sp³-hybridized carbons (Fsp3) is 0.333. The smallest absolute Gasteiger partial charge is 0.372 e. The first-order valence-corrected chi connectivity index (χ1v) is 4.83. The second-order valence-electron chi connectivity index (χ2n) is 2.52. The minimum absolute atomic E-state index is 0.0472. The molecule has 0 fully saturated rings. The minimum Gasteiger partial charge on any atom is -0.372 e. The van der Waals surface area contributed by atoms with Crippen molar-refractivity contribution in [3.8, 4) is 0 Å². The quantitative estimate of drug-likeness (QED) is 0.358. The molecule has 0 radical (unpaired) electrons. The summed E-state index contributed by atoms with van der Waals surface area (Å²) in [4.78, 5) is 11.4. The standard InChI is InChI=1S/C6H9N3OS.Al.2H/c1-3-4-9-5(10)7-6(11)8(9)2;;;/h3H,1,4H2,2H3,(H,7,10,11);;;/q;+1;;/p-1. The summed E-state index contributed by atoms with van der Waals surface area (Å²) in [6.45, 7) is 4.08. The second kappa shape index (κ2) is 3.44. The first kappa shape index (κ1) is 9.52. The van der Waals surface area contributed by atoms with Crippen LogP contribution in [0.4, 0.5) is 0 Å². The topological polar surface area (TPSA) is 31.9 Å². The Bertz CT molecular complexity index is 413. The molecule has 64 valence electrons. The fourth-order valence-corrected chi connectivity index (χ4v) is 1.72. The summed E-state index contributed by atoms with van der Waals surface area (Å²) in [5.74, 6) is 0. The molecular weight excluding hydrogens is 189 g/mol. The molecule has 0 amide bonds. The normalized spacial score (nSPS) is 10.1. The summed E-state index contributed by atoms with van der Waals surface area (Å²) in [7, 11) is 1.78. The minimum atomic E-state index is -0.0472. The van der Waals surface area contributed by atoms with Crippen molar-refractivity contribution in [1.82, 2.24) is 12.9 Å². The molecule has 0 N–H and O–H groups in total. The highest BCUT2D eigenvalue weighted by Gasteiger charge is 2.03. The van der Waals surface area contributed by atoms with E-state index in [2.05, 4.69) is 6.58 Å². The van der Waals surface area contributed by atoms with Gasteiger partial charge >= 0.3 is 22.2 Å². The molecule has 0 saturated heterocycles. The SMILES string of the molecule is C=CCn1c(=O)[n]([AlH2])c(=S)n1C. The number of hydrogen-bond acceptors (Lipinski definition) is 2. The molecule has 0 aliphatic heterocycles. The van der Waals surface area contributed by atoms with Crippen molar-refractivity contribution in [3.05, 3.63) is 27.9 Å². The monoisotopic (exact) mass is 199 g/mol. The Balaban J connectivity index is 3.48. The predicted molar refractivity (Wildman–Crippen MR) is 52.6 cm³/mol. The number of nitrogens with zero attached hydrogens (tertiary/aromatic N) is 3. The molecule has 0 saturated carbocycles. The Hall–Kier alpha value is -0.568. The number of aromatic nitrogens is 3. The van der Waals surface area contributed by atoms with Gasteiger partial charge in [-0.3, -0.25) is 4.68 Å². The summed E-state index contributed by atoms with van der Waals surface area (Å²) in [5, 5.41) is 0. The Kier molecular flexibility index (Phi) is 2.73. The first-order chi connectivity index (χ1) is 5.59. The summed E-state index contributed by atoms with van der Waals surface area (Å²) >= 11 is 5.65. The lowest BCUT2D eigenvalue weighted by atomic mass is 10.6.